The zero-order valence-electron chi connectivity index (χ0n) is 29.3. The minimum Gasteiger partial charge on any atom is -0.756 e. The predicted octanol–water partition coefficient (Wildman–Crippen LogP) is -11.6. The van der Waals surface area contributed by atoms with Gasteiger partial charge >= 0.3 is 0 Å². The Labute approximate surface area is 311 Å². The lowest BCUT2D eigenvalue weighted by molar-refractivity contribution is -0.525. The van der Waals surface area contributed by atoms with Gasteiger partial charge in [-0.1, -0.05) is 0 Å². The van der Waals surface area contributed by atoms with Crippen molar-refractivity contribution in [2.45, 2.75) is 123 Å². The topological polar surface area (TPSA) is 447 Å². The van der Waals surface area contributed by atoms with Crippen LogP contribution in [-0.2, 0) is 37.3 Å². The monoisotopic (exact) mass is 816 g/mol. The van der Waals surface area contributed by atoms with Crippen molar-refractivity contribution < 1.29 is 106 Å². The molecule has 4 fully saturated rings. The Morgan fingerprint density at radius 1 is 0.818 bits per heavy atom. The summed E-state index contributed by atoms with van der Waals surface area (Å²) >= 11 is 0. The molecule has 3 saturated heterocycles. The molecule has 0 spiro atoms. The minimum atomic E-state index is -5.37. The van der Waals surface area contributed by atoms with E-state index in [2.05, 4.69) is 37.9 Å². The van der Waals surface area contributed by atoms with Gasteiger partial charge in [-0.15, -0.1) is 0 Å². The Kier molecular flexibility index (Phi) is 13.1. The van der Waals surface area contributed by atoms with Gasteiger partial charge in [-0.3, -0.25) is 9.13 Å². The van der Waals surface area contributed by atoms with Crippen LogP contribution < -0.4 is 33.6 Å². The smallest absolute Gasteiger partial charge is 0.268 e. The highest BCUT2D eigenvalue weighted by Gasteiger charge is 2.55. The average Bonchev–Trinajstić information content (AvgIpc) is 3.70. The maximum Gasteiger partial charge on any atom is 0.268 e. The molecular weight excluding hydrogens is 765 g/mol. The number of nitrogens with zero attached hydrogens (tertiary/aromatic N) is 4. The number of anilines is 1. The van der Waals surface area contributed by atoms with Crippen LogP contribution in [0.15, 0.2) is 12.7 Å². The van der Waals surface area contributed by atoms with Gasteiger partial charge in [-0.2, -0.15) is 0 Å². The number of aliphatic hydroxyl groups is 8. The fraction of sp³-hybridized carbons (Fsp3) is 0.821. The number of imidazole rings is 1. The summed E-state index contributed by atoms with van der Waals surface area (Å²) < 4.78 is 53.2. The van der Waals surface area contributed by atoms with Crippen LogP contribution in [-0.4, -0.2) is 190 Å². The summed E-state index contributed by atoms with van der Waals surface area (Å²) in [5, 5.41) is 85.3. The predicted molar refractivity (Wildman–Crippen MR) is 171 cm³/mol. The number of hydrogen-bond donors (Lipinski definition) is 13. The standard InChI is InChI=1S/C28H48N9O17P/c29-2-9-23(54-55(46,47)48-4-11-15(40)18(43)26(49-11)37-6-36-13-24(33)34-5-35-25(13)37)17(42)19(44)28(50-9)53-22-8(31)1-7(30)21(20(22)45)52-27-16(41)12(32)14(39)10(3-38)51-27/h5-12,14-23,26-28,38-45H,1-4,29-32H2,(H,46,47)(H2,33,34,35)/p+3/t7-,8+,9-,10-,11-,12+,14-,15-,16-,17-,18-,19-,20-,21+,22-,23-,26-,27-,28-/m1/s1. The van der Waals surface area contributed by atoms with Gasteiger partial charge in [0.1, 0.15) is 110 Å². The Bertz CT molecular complexity index is 1650. The number of aliphatic hydroxyl groups excluding tert-OH is 8. The van der Waals surface area contributed by atoms with Crippen molar-refractivity contribution >= 4 is 24.8 Å². The van der Waals surface area contributed by atoms with E-state index in [1.54, 1.807) is 0 Å². The van der Waals surface area contributed by atoms with Crippen LogP contribution in [0, 0.1) is 0 Å². The molecule has 3 aliphatic heterocycles. The molecule has 312 valence electrons. The fourth-order valence-corrected chi connectivity index (χ4v) is 8.20. The van der Waals surface area contributed by atoms with Crippen molar-refractivity contribution in [2.24, 2.45) is 0 Å². The van der Waals surface area contributed by atoms with E-state index >= 15 is 0 Å². The molecule has 2 aromatic rings. The third-order valence-electron chi connectivity index (χ3n) is 10.4. The van der Waals surface area contributed by atoms with Crippen LogP contribution in [0.1, 0.15) is 12.6 Å². The van der Waals surface area contributed by atoms with E-state index in [4.69, 9.17) is 38.5 Å². The molecule has 1 saturated carbocycles. The average molecular weight is 817 g/mol. The number of phosphoric ester groups is 1. The second-order valence-electron chi connectivity index (χ2n) is 14.1. The molecule has 0 bridgehead atoms. The molecule has 4 aliphatic rings. The van der Waals surface area contributed by atoms with Crippen molar-refractivity contribution in [1.82, 2.24) is 19.5 Å². The summed E-state index contributed by atoms with van der Waals surface area (Å²) in [6.07, 6.45) is -21.2. The summed E-state index contributed by atoms with van der Waals surface area (Å²) in [5.74, 6) is 0.0582. The molecule has 6 rings (SSSR count). The Morgan fingerprint density at radius 3 is 2.09 bits per heavy atom. The third-order valence-corrected chi connectivity index (χ3v) is 11.4. The van der Waals surface area contributed by atoms with E-state index in [0.717, 1.165) is 6.33 Å². The van der Waals surface area contributed by atoms with Gasteiger partial charge in [-0.05, 0) is 0 Å². The molecule has 26 nitrogen and oxygen atoms in total. The van der Waals surface area contributed by atoms with Crippen molar-refractivity contribution in [1.29, 1.82) is 0 Å². The lowest BCUT2D eigenvalue weighted by Crippen LogP contribution is -2.83. The highest BCUT2D eigenvalue weighted by Crippen LogP contribution is 2.44. The highest BCUT2D eigenvalue weighted by molar-refractivity contribution is 7.45. The summed E-state index contributed by atoms with van der Waals surface area (Å²) in [6, 6.07) is -2.31. The number of phosphoric acid groups is 1. The first-order valence-electron chi connectivity index (χ1n) is 17.5. The number of quaternary nitrogens is 4. The zero-order valence-corrected chi connectivity index (χ0v) is 30.2. The van der Waals surface area contributed by atoms with Gasteiger partial charge in [-0.25, -0.2) is 15.0 Å². The Balaban J connectivity index is 1.07. The first kappa shape index (κ1) is 42.4. The summed E-state index contributed by atoms with van der Waals surface area (Å²) in [6.45, 7) is -1.65. The first-order valence-corrected chi connectivity index (χ1v) is 18.9. The van der Waals surface area contributed by atoms with E-state index in [0.29, 0.717) is 0 Å². The molecule has 0 radical (unpaired) electrons. The quantitative estimate of drug-likeness (QED) is 0.0884. The van der Waals surface area contributed by atoms with E-state index < -0.39 is 137 Å². The van der Waals surface area contributed by atoms with Gasteiger partial charge < -0.3 is 107 Å². The normalized spacial score (nSPS) is 45.1. The highest BCUT2D eigenvalue weighted by atomic mass is 31.2. The molecule has 22 N–H and O–H groups in total. The van der Waals surface area contributed by atoms with Gasteiger partial charge in [0.15, 0.2) is 36.4 Å². The Morgan fingerprint density at radius 2 is 1.45 bits per heavy atom. The number of nitrogen functional groups attached to an aromatic ring is 1. The molecule has 1 aliphatic carbocycles. The minimum absolute atomic E-state index is 0.0582. The summed E-state index contributed by atoms with van der Waals surface area (Å²) in [5.41, 5.74) is 21.6. The number of fused-ring (bicyclic) bond motifs is 1. The number of rotatable bonds is 12. The van der Waals surface area contributed by atoms with Crippen LogP contribution in [0.4, 0.5) is 5.82 Å². The molecule has 5 heterocycles. The van der Waals surface area contributed by atoms with Crippen molar-refractivity contribution in [3.63, 3.8) is 0 Å². The van der Waals surface area contributed by atoms with E-state index in [1.165, 1.54) is 10.9 Å². The zero-order chi connectivity index (χ0) is 40.1. The van der Waals surface area contributed by atoms with E-state index in [1.807, 2.05) is 0 Å². The number of aromatic nitrogens is 4. The number of ether oxygens (including phenoxy) is 5. The van der Waals surface area contributed by atoms with Crippen LogP contribution in [0.2, 0.25) is 0 Å². The van der Waals surface area contributed by atoms with Crippen molar-refractivity contribution in [2.75, 3.05) is 25.5 Å². The molecular formula is C28H51N9O17P+3. The SMILES string of the molecule is Nc1ncnc2c1ncn2[C@@H]1O[C@H](COP(=O)([O-])O[C@H]2[C@H](O)[C@@H](O)[C@@H](O[C@H]3[C@H](O)[C@@H](O[C@H]4O[C@H](CO)[C@@H](O)[C@H]([NH3+])[C@H]4O)[C@H]([NH3+])C[C@@H]3[NH3+])O[C@@H]2C[NH3+])[C@@H](O)[C@H]1O. The Hall–Kier alpha value is -2.22. The van der Waals surface area contributed by atoms with E-state index in [-0.39, 0.29) is 29.9 Å². The molecule has 1 unspecified atom stereocenters. The van der Waals surface area contributed by atoms with Crippen LogP contribution in [0.3, 0.4) is 0 Å². The number of nitrogens with two attached hydrogens (primary N) is 1. The summed E-state index contributed by atoms with van der Waals surface area (Å²) in [7, 11) is -5.37. The molecule has 20 atom stereocenters. The van der Waals surface area contributed by atoms with Gasteiger partial charge in [0.05, 0.1) is 26.0 Å². The third kappa shape index (κ3) is 8.37. The molecule has 0 aromatic carbocycles. The molecule has 27 heteroatoms. The number of hydrogen-bond acceptors (Lipinski definition) is 21. The summed E-state index contributed by atoms with van der Waals surface area (Å²) in [4.78, 5) is 25.0. The van der Waals surface area contributed by atoms with Crippen molar-refractivity contribution in [3.8, 4) is 0 Å². The fourth-order valence-electron chi connectivity index (χ4n) is 7.25. The second kappa shape index (κ2) is 16.9. The lowest BCUT2D eigenvalue weighted by atomic mass is 9.84. The van der Waals surface area contributed by atoms with Crippen molar-refractivity contribution in [3.05, 3.63) is 12.7 Å². The first-order chi connectivity index (χ1) is 26.0. The van der Waals surface area contributed by atoms with Gasteiger partial charge in [0.25, 0.3) is 7.82 Å². The lowest BCUT2D eigenvalue weighted by Gasteiger charge is -2.46. The van der Waals surface area contributed by atoms with Gasteiger partial charge in [0, 0.05) is 0 Å². The van der Waals surface area contributed by atoms with Gasteiger partial charge in [0.2, 0.25) is 0 Å². The largest absolute Gasteiger partial charge is 0.756 e. The molecule has 2 aromatic heterocycles. The van der Waals surface area contributed by atoms with Crippen LogP contribution >= 0.6 is 7.82 Å². The van der Waals surface area contributed by atoms with Crippen LogP contribution in [0.5, 0.6) is 0 Å². The molecule has 55 heavy (non-hydrogen) atoms. The van der Waals surface area contributed by atoms with E-state index in [9.17, 15) is 50.3 Å². The maximum atomic E-state index is 13.0. The molecule has 0 amide bonds. The maximum absolute atomic E-state index is 13.0. The second-order valence-corrected chi connectivity index (χ2v) is 15.4. The van der Waals surface area contributed by atoms with Crippen LogP contribution in [0.25, 0.3) is 11.2 Å².